The number of fused-ring (bicyclic) bond motifs is 1. The summed E-state index contributed by atoms with van der Waals surface area (Å²) in [6.07, 6.45) is 4.52. The summed E-state index contributed by atoms with van der Waals surface area (Å²) in [5.74, 6) is 1.85. The van der Waals surface area contributed by atoms with Crippen molar-refractivity contribution in [1.82, 2.24) is 14.8 Å². The highest BCUT2D eigenvalue weighted by Crippen LogP contribution is 2.33. The van der Waals surface area contributed by atoms with Gasteiger partial charge in [0.05, 0.1) is 17.5 Å². The maximum atomic E-state index is 13.3. The van der Waals surface area contributed by atoms with E-state index in [-0.39, 0.29) is 30.3 Å². The van der Waals surface area contributed by atoms with Gasteiger partial charge in [-0.2, -0.15) is 0 Å². The minimum Gasteiger partial charge on any atom is -0.462 e. The van der Waals surface area contributed by atoms with Crippen molar-refractivity contribution < 1.29 is 23.9 Å². The van der Waals surface area contributed by atoms with Crippen molar-refractivity contribution in [2.75, 3.05) is 51.0 Å². The van der Waals surface area contributed by atoms with Crippen molar-refractivity contribution in [2.24, 2.45) is 0 Å². The van der Waals surface area contributed by atoms with Gasteiger partial charge in [0.25, 0.3) is 5.69 Å². The van der Waals surface area contributed by atoms with E-state index in [0.29, 0.717) is 25.4 Å². The lowest BCUT2D eigenvalue weighted by molar-refractivity contribution is -0.385. The molecule has 11 heteroatoms. The van der Waals surface area contributed by atoms with Gasteiger partial charge in [0.2, 0.25) is 18.6 Å². The predicted octanol–water partition coefficient (Wildman–Crippen LogP) is 3.75. The minimum atomic E-state index is -0.497. The van der Waals surface area contributed by atoms with Gasteiger partial charge in [-0.05, 0) is 42.2 Å². The number of pyridine rings is 1. The number of piperazine rings is 1. The first kappa shape index (κ1) is 26.6. The molecule has 2 aromatic carbocycles. The summed E-state index contributed by atoms with van der Waals surface area (Å²) >= 11 is 0. The molecule has 0 N–H and O–H groups in total. The van der Waals surface area contributed by atoms with Crippen LogP contribution in [0, 0.1) is 10.1 Å². The van der Waals surface area contributed by atoms with Crippen LogP contribution in [0.25, 0.3) is 0 Å². The first-order valence-corrected chi connectivity index (χ1v) is 13.7. The quantitative estimate of drug-likeness (QED) is 0.287. The third-order valence-corrected chi connectivity index (χ3v) is 7.72. The van der Waals surface area contributed by atoms with Gasteiger partial charge < -0.3 is 24.0 Å². The van der Waals surface area contributed by atoms with E-state index in [1.807, 2.05) is 41.3 Å². The van der Waals surface area contributed by atoms with E-state index in [1.54, 1.807) is 6.26 Å². The van der Waals surface area contributed by atoms with Crippen LogP contribution < -0.4 is 9.64 Å². The molecule has 11 nitrogen and oxygen atoms in total. The van der Waals surface area contributed by atoms with Gasteiger partial charge in [0, 0.05) is 50.5 Å². The number of rotatable bonds is 9. The molecule has 3 aromatic rings. The number of nitrogens with zero attached hydrogens (tertiary/aromatic N) is 5. The fourth-order valence-electron chi connectivity index (χ4n) is 5.56. The second-order valence-electron chi connectivity index (χ2n) is 10.2. The van der Waals surface area contributed by atoms with Crippen molar-refractivity contribution in [3.63, 3.8) is 0 Å². The van der Waals surface area contributed by atoms with Crippen LogP contribution >= 0.6 is 0 Å². The molecular formula is C30H31N5O6. The van der Waals surface area contributed by atoms with Crippen LogP contribution in [-0.2, 0) is 27.1 Å². The fraction of sp³-hybridized carbons (Fsp3) is 0.333. The Kier molecular flexibility index (Phi) is 7.68. The van der Waals surface area contributed by atoms with Crippen molar-refractivity contribution >= 4 is 17.3 Å². The molecule has 1 aromatic heterocycles. The third kappa shape index (κ3) is 6.09. The topological polar surface area (TPSA) is 111 Å². The monoisotopic (exact) mass is 557 g/mol. The summed E-state index contributed by atoms with van der Waals surface area (Å²) in [6.45, 7) is 4.17. The van der Waals surface area contributed by atoms with Gasteiger partial charge in [-0.25, -0.2) is 4.98 Å². The average Bonchev–Trinajstić information content (AvgIpc) is 3.67. The first-order valence-electron chi connectivity index (χ1n) is 13.7. The zero-order chi connectivity index (χ0) is 28.2. The van der Waals surface area contributed by atoms with Crippen LogP contribution in [-0.4, -0.2) is 77.7 Å². The summed E-state index contributed by atoms with van der Waals surface area (Å²) in [6, 6.07) is 19.0. The van der Waals surface area contributed by atoms with E-state index in [1.165, 1.54) is 23.9 Å². The molecule has 1 saturated heterocycles. The van der Waals surface area contributed by atoms with E-state index in [9.17, 15) is 14.9 Å². The maximum absolute atomic E-state index is 13.3. The summed E-state index contributed by atoms with van der Waals surface area (Å²) in [5, 5.41) is 10.8. The number of amides is 1. The SMILES string of the molecule is O=C(CN1CCc2cc(Oc3ccc([N+](=O)[O-])cn3)ccc21)N1CCN(C(Cc2ccccc2)C2=COCO2)CC1. The lowest BCUT2D eigenvalue weighted by Crippen LogP contribution is -2.54. The average molecular weight is 558 g/mol. The zero-order valence-corrected chi connectivity index (χ0v) is 22.6. The number of ether oxygens (including phenoxy) is 3. The zero-order valence-electron chi connectivity index (χ0n) is 22.6. The number of benzene rings is 2. The molecule has 3 aliphatic rings. The van der Waals surface area contributed by atoms with Gasteiger partial charge >= 0.3 is 0 Å². The highest BCUT2D eigenvalue weighted by Gasteiger charge is 2.32. The van der Waals surface area contributed by atoms with E-state index in [0.717, 1.165) is 49.5 Å². The molecule has 0 bridgehead atoms. The van der Waals surface area contributed by atoms with Gasteiger partial charge in [0.15, 0.2) is 5.76 Å². The normalized spacial score (nSPS) is 17.3. The second-order valence-corrected chi connectivity index (χ2v) is 10.2. The van der Waals surface area contributed by atoms with E-state index in [4.69, 9.17) is 14.2 Å². The Morgan fingerprint density at radius 1 is 1.05 bits per heavy atom. The second kappa shape index (κ2) is 11.8. The Morgan fingerprint density at radius 2 is 1.88 bits per heavy atom. The Labute approximate surface area is 237 Å². The number of nitro groups is 1. The molecule has 4 heterocycles. The van der Waals surface area contributed by atoms with Crippen LogP contribution in [0.1, 0.15) is 11.1 Å². The van der Waals surface area contributed by atoms with Gasteiger partial charge in [-0.3, -0.25) is 19.8 Å². The maximum Gasteiger partial charge on any atom is 0.287 e. The van der Waals surface area contributed by atoms with Crippen LogP contribution in [0.3, 0.4) is 0 Å². The molecule has 1 amide bonds. The van der Waals surface area contributed by atoms with Gasteiger partial charge in [-0.1, -0.05) is 30.3 Å². The Hall–Kier alpha value is -4.64. The summed E-state index contributed by atoms with van der Waals surface area (Å²) in [4.78, 5) is 34.1. The van der Waals surface area contributed by atoms with Crippen molar-refractivity contribution in [3.8, 4) is 11.6 Å². The van der Waals surface area contributed by atoms with Crippen molar-refractivity contribution in [2.45, 2.75) is 18.9 Å². The third-order valence-electron chi connectivity index (χ3n) is 7.72. The summed E-state index contributed by atoms with van der Waals surface area (Å²) < 4.78 is 16.9. The minimum absolute atomic E-state index is 0.0697. The smallest absolute Gasteiger partial charge is 0.287 e. The molecule has 1 unspecified atom stereocenters. The molecule has 1 atom stereocenters. The highest BCUT2D eigenvalue weighted by molar-refractivity contribution is 5.82. The Morgan fingerprint density at radius 3 is 2.59 bits per heavy atom. The number of hydrogen-bond acceptors (Lipinski definition) is 9. The van der Waals surface area contributed by atoms with Gasteiger partial charge in [0.1, 0.15) is 18.2 Å². The molecule has 6 rings (SSSR count). The number of aromatic nitrogens is 1. The van der Waals surface area contributed by atoms with E-state index >= 15 is 0 Å². The number of carbonyl (C=O) groups excluding carboxylic acids is 1. The largest absolute Gasteiger partial charge is 0.462 e. The molecule has 0 aliphatic carbocycles. The summed E-state index contributed by atoms with van der Waals surface area (Å²) in [7, 11) is 0. The standard InChI is InChI=1S/C30H31N5O6/c36-30(33-14-12-32(13-15-33)27(28-20-39-21-40-28)16-22-4-2-1-3-5-22)19-34-11-10-23-17-25(7-8-26(23)34)41-29-9-6-24(18-31-29)35(37)38/h1-9,17-18,20,27H,10-16,19,21H2. The molecule has 1 fully saturated rings. The van der Waals surface area contributed by atoms with Crippen LogP contribution in [0.2, 0.25) is 0 Å². The fourth-order valence-corrected chi connectivity index (χ4v) is 5.56. The number of hydrogen-bond donors (Lipinski definition) is 0. The Balaban J connectivity index is 1.04. The van der Waals surface area contributed by atoms with Crippen molar-refractivity contribution in [3.05, 3.63) is 100 Å². The lowest BCUT2D eigenvalue weighted by Gasteiger charge is -2.39. The van der Waals surface area contributed by atoms with Crippen LogP contribution in [0.4, 0.5) is 11.4 Å². The van der Waals surface area contributed by atoms with Gasteiger partial charge in [-0.15, -0.1) is 0 Å². The molecule has 41 heavy (non-hydrogen) atoms. The molecule has 0 spiro atoms. The lowest BCUT2D eigenvalue weighted by atomic mass is 10.0. The van der Waals surface area contributed by atoms with Crippen LogP contribution in [0.15, 0.2) is 78.9 Å². The Bertz CT molecular complexity index is 1420. The molecular weight excluding hydrogens is 526 g/mol. The molecule has 0 radical (unpaired) electrons. The van der Waals surface area contributed by atoms with E-state index in [2.05, 4.69) is 26.9 Å². The molecule has 3 aliphatic heterocycles. The highest BCUT2D eigenvalue weighted by atomic mass is 16.7. The predicted molar refractivity (Wildman–Crippen MR) is 151 cm³/mol. The summed E-state index contributed by atoms with van der Waals surface area (Å²) in [5.41, 5.74) is 3.26. The number of anilines is 1. The number of carbonyl (C=O) groups is 1. The first-order chi connectivity index (χ1) is 20.0. The molecule has 212 valence electrons. The molecule has 0 saturated carbocycles. The van der Waals surface area contributed by atoms with Crippen molar-refractivity contribution in [1.29, 1.82) is 0 Å². The van der Waals surface area contributed by atoms with Crippen LogP contribution in [0.5, 0.6) is 11.6 Å². The van der Waals surface area contributed by atoms with E-state index < -0.39 is 4.92 Å².